The molecule has 0 radical (unpaired) electrons. The summed E-state index contributed by atoms with van der Waals surface area (Å²) < 4.78 is 5.26. The number of furan rings is 1. The van der Waals surface area contributed by atoms with E-state index in [2.05, 4.69) is 10.6 Å². The Morgan fingerprint density at radius 3 is 2.89 bits per heavy atom. The minimum atomic E-state index is -1.06. The first-order valence-electron chi connectivity index (χ1n) is 9.06. The Balaban J connectivity index is 1.52. The zero-order valence-corrected chi connectivity index (χ0v) is 15.0. The van der Waals surface area contributed by atoms with E-state index in [0.717, 1.165) is 28.9 Å². The Labute approximate surface area is 156 Å². The lowest BCUT2D eigenvalue weighted by Crippen LogP contribution is -2.47. The van der Waals surface area contributed by atoms with Crippen LogP contribution in [0.25, 0.3) is 0 Å². The number of imide groups is 1. The fraction of sp³-hybridized carbons (Fsp3) is 0.350. The molecular formula is C20H21N3O4. The van der Waals surface area contributed by atoms with Gasteiger partial charge in [0.15, 0.2) is 0 Å². The first-order chi connectivity index (χ1) is 13.0. The van der Waals surface area contributed by atoms with Gasteiger partial charge in [-0.2, -0.15) is 0 Å². The normalized spacial score (nSPS) is 22.5. The molecular weight excluding hydrogens is 346 g/mol. The fourth-order valence-electron chi connectivity index (χ4n) is 3.99. The Hall–Kier alpha value is -3.09. The van der Waals surface area contributed by atoms with Gasteiger partial charge in [0.1, 0.15) is 17.8 Å². The Bertz CT molecular complexity index is 892. The van der Waals surface area contributed by atoms with Crippen LogP contribution in [0.3, 0.4) is 0 Å². The van der Waals surface area contributed by atoms with Crippen molar-refractivity contribution in [1.82, 2.24) is 15.5 Å². The smallest absolute Gasteiger partial charge is 0.325 e. The SMILES string of the molecule is CC(NC(=O)CN1C(=O)NC2(CCCc3ccccc32)C1=O)c1ccco1. The summed E-state index contributed by atoms with van der Waals surface area (Å²) in [6, 6.07) is 10.3. The van der Waals surface area contributed by atoms with Crippen LogP contribution in [0.1, 0.15) is 42.7 Å². The van der Waals surface area contributed by atoms with Gasteiger partial charge in [-0.05, 0) is 49.4 Å². The molecule has 4 amide bonds. The number of benzene rings is 1. The van der Waals surface area contributed by atoms with E-state index in [-0.39, 0.29) is 18.5 Å². The van der Waals surface area contributed by atoms with Gasteiger partial charge in [0.25, 0.3) is 5.91 Å². The maximum Gasteiger partial charge on any atom is 0.325 e. The van der Waals surface area contributed by atoms with Crippen LogP contribution in [0.2, 0.25) is 0 Å². The van der Waals surface area contributed by atoms with E-state index in [9.17, 15) is 14.4 Å². The second-order valence-corrected chi connectivity index (χ2v) is 7.04. The van der Waals surface area contributed by atoms with Gasteiger partial charge >= 0.3 is 6.03 Å². The van der Waals surface area contributed by atoms with Crippen LogP contribution >= 0.6 is 0 Å². The van der Waals surface area contributed by atoms with Gasteiger partial charge in [-0.3, -0.25) is 14.5 Å². The van der Waals surface area contributed by atoms with Crippen LogP contribution in [-0.2, 0) is 21.5 Å². The summed E-state index contributed by atoms with van der Waals surface area (Å²) in [5, 5.41) is 5.60. The molecule has 4 rings (SSSR count). The Kier molecular flexibility index (Phi) is 4.22. The average molecular weight is 367 g/mol. The standard InChI is InChI=1S/C20H21N3O4/c1-13(16-9-5-11-27-16)21-17(24)12-23-18(25)20(22-19(23)26)10-4-7-14-6-2-3-8-15(14)20/h2-3,5-6,8-9,11,13H,4,7,10,12H2,1H3,(H,21,24)(H,22,26). The number of rotatable bonds is 4. The molecule has 2 N–H and O–H groups in total. The lowest BCUT2D eigenvalue weighted by molar-refractivity contribution is -0.135. The van der Waals surface area contributed by atoms with Gasteiger partial charge in [0.05, 0.1) is 12.3 Å². The number of carbonyl (C=O) groups excluding carboxylic acids is 3. The third kappa shape index (κ3) is 2.89. The molecule has 1 aromatic heterocycles. The van der Waals surface area contributed by atoms with E-state index in [1.807, 2.05) is 24.3 Å². The minimum absolute atomic E-state index is 0.320. The first-order valence-corrected chi connectivity index (χ1v) is 9.06. The van der Waals surface area contributed by atoms with Crippen molar-refractivity contribution in [3.63, 3.8) is 0 Å². The lowest BCUT2D eigenvalue weighted by Gasteiger charge is -2.33. The summed E-state index contributed by atoms with van der Waals surface area (Å²) in [5.74, 6) is -0.165. The zero-order valence-electron chi connectivity index (χ0n) is 15.0. The summed E-state index contributed by atoms with van der Waals surface area (Å²) in [4.78, 5) is 39.1. The number of hydrogen-bond acceptors (Lipinski definition) is 4. The molecule has 7 heteroatoms. The molecule has 27 heavy (non-hydrogen) atoms. The molecule has 1 aliphatic heterocycles. The highest BCUT2D eigenvalue weighted by Gasteiger charge is 2.54. The van der Waals surface area contributed by atoms with E-state index in [1.54, 1.807) is 19.1 Å². The quantitative estimate of drug-likeness (QED) is 0.811. The second kappa shape index (κ2) is 6.57. The molecule has 7 nitrogen and oxygen atoms in total. The number of urea groups is 1. The monoisotopic (exact) mass is 367 g/mol. The number of aryl methyl sites for hydroxylation is 1. The fourth-order valence-corrected chi connectivity index (χ4v) is 3.99. The highest BCUT2D eigenvalue weighted by Crippen LogP contribution is 2.39. The summed E-state index contributed by atoms with van der Waals surface area (Å²) in [7, 11) is 0. The van der Waals surface area contributed by atoms with Crippen LogP contribution < -0.4 is 10.6 Å². The third-order valence-corrected chi connectivity index (χ3v) is 5.30. The summed E-state index contributed by atoms with van der Waals surface area (Å²) in [6.07, 6.45) is 3.75. The molecule has 1 aromatic carbocycles. The Morgan fingerprint density at radius 1 is 1.30 bits per heavy atom. The highest BCUT2D eigenvalue weighted by atomic mass is 16.3. The molecule has 1 saturated heterocycles. The average Bonchev–Trinajstić information content (AvgIpc) is 3.27. The molecule has 1 spiro atoms. The van der Waals surface area contributed by atoms with Gasteiger partial charge in [-0.15, -0.1) is 0 Å². The molecule has 2 aliphatic rings. The maximum atomic E-state index is 13.1. The summed E-state index contributed by atoms with van der Waals surface area (Å²) >= 11 is 0. The van der Waals surface area contributed by atoms with Crippen molar-refractivity contribution < 1.29 is 18.8 Å². The van der Waals surface area contributed by atoms with Gasteiger partial charge < -0.3 is 15.1 Å². The third-order valence-electron chi connectivity index (χ3n) is 5.30. The van der Waals surface area contributed by atoms with E-state index in [0.29, 0.717) is 12.2 Å². The zero-order chi connectivity index (χ0) is 19.0. The second-order valence-electron chi connectivity index (χ2n) is 7.04. The topological polar surface area (TPSA) is 91.7 Å². The van der Waals surface area contributed by atoms with Gasteiger partial charge in [-0.25, -0.2) is 4.79 Å². The van der Waals surface area contributed by atoms with Crippen LogP contribution in [0.15, 0.2) is 47.1 Å². The van der Waals surface area contributed by atoms with Crippen molar-refractivity contribution in [1.29, 1.82) is 0 Å². The molecule has 0 bridgehead atoms. The van der Waals surface area contributed by atoms with E-state index in [1.165, 1.54) is 6.26 Å². The van der Waals surface area contributed by atoms with Crippen molar-refractivity contribution in [2.75, 3.05) is 6.54 Å². The lowest BCUT2D eigenvalue weighted by atomic mass is 9.76. The Morgan fingerprint density at radius 2 is 2.11 bits per heavy atom. The number of fused-ring (bicyclic) bond motifs is 2. The van der Waals surface area contributed by atoms with Crippen LogP contribution in [0.5, 0.6) is 0 Å². The molecule has 1 aliphatic carbocycles. The predicted molar refractivity (Wildman–Crippen MR) is 96.6 cm³/mol. The van der Waals surface area contributed by atoms with E-state index in [4.69, 9.17) is 4.42 Å². The predicted octanol–water partition coefficient (Wildman–Crippen LogP) is 2.24. The molecule has 1 fully saturated rings. The molecule has 2 heterocycles. The number of carbonyl (C=O) groups is 3. The summed E-state index contributed by atoms with van der Waals surface area (Å²) in [5.41, 5.74) is 0.843. The van der Waals surface area contributed by atoms with Crippen molar-refractivity contribution >= 4 is 17.8 Å². The van der Waals surface area contributed by atoms with Crippen molar-refractivity contribution in [2.24, 2.45) is 0 Å². The van der Waals surface area contributed by atoms with Gasteiger partial charge in [0.2, 0.25) is 5.91 Å². The van der Waals surface area contributed by atoms with Gasteiger partial charge in [-0.1, -0.05) is 24.3 Å². The van der Waals surface area contributed by atoms with Crippen LogP contribution in [0.4, 0.5) is 4.79 Å². The largest absolute Gasteiger partial charge is 0.467 e. The molecule has 0 saturated carbocycles. The minimum Gasteiger partial charge on any atom is -0.467 e. The molecule has 2 unspecified atom stereocenters. The first kappa shape index (κ1) is 17.3. The number of nitrogens with one attached hydrogen (secondary N) is 2. The molecule has 140 valence electrons. The molecule has 2 atom stereocenters. The van der Waals surface area contributed by atoms with Gasteiger partial charge in [0, 0.05) is 0 Å². The van der Waals surface area contributed by atoms with Crippen LogP contribution in [-0.4, -0.2) is 29.3 Å². The number of hydrogen-bond donors (Lipinski definition) is 2. The summed E-state index contributed by atoms with van der Waals surface area (Å²) in [6.45, 7) is 1.46. The number of amides is 4. The van der Waals surface area contributed by atoms with Crippen molar-refractivity contribution in [3.8, 4) is 0 Å². The maximum absolute atomic E-state index is 13.1. The van der Waals surface area contributed by atoms with Crippen LogP contribution in [0, 0.1) is 0 Å². The molecule has 2 aromatic rings. The van der Waals surface area contributed by atoms with Crippen molar-refractivity contribution in [3.05, 3.63) is 59.5 Å². The van der Waals surface area contributed by atoms with E-state index < -0.39 is 17.5 Å². The number of nitrogens with zero attached hydrogens (tertiary/aromatic N) is 1. The highest BCUT2D eigenvalue weighted by molar-refractivity contribution is 6.09. The van der Waals surface area contributed by atoms with Crippen molar-refractivity contribution in [2.45, 2.75) is 37.8 Å². The van der Waals surface area contributed by atoms with E-state index >= 15 is 0 Å².